The van der Waals surface area contributed by atoms with E-state index in [0.717, 1.165) is 34.7 Å². The van der Waals surface area contributed by atoms with Gasteiger partial charge in [-0.2, -0.15) is 5.10 Å². The first-order chi connectivity index (χ1) is 13.6. The summed E-state index contributed by atoms with van der Waals surface area (Å²) >= 11 is 0. The van der Waals surface area contributed by atoms with E-state index in [1.165, 1.54) is 0 Å². The molecule has 1 atom stereocenters. The number of carbonyl (C=O) groups is 2. The number of hydrogen-bond acceptors (Lipinski definition) is 3. The Hall–Kier alpha value is -3.21. The Morgan fingerprint density at radius 2 is 1.96 bits per heavy atom. The third-order valence-electron chi connectivity index (χ3n) is 5.30. The van der Waals surface area contributed by atoms with Crippen LogP contribution in [-0.4, -0.2) is 39.5 Å². The van der Waals surface area contributed by atoms with Crippen molar-refractivity contribution in [3.63, 3.8) is 0 Å². The van der Waals surface area contributed by atoms with Gasteiger partial charge in [-0.25, -0.2) is 0 Å². The van der Waals surface area contributed by atoms with E-state index in [1.807, 2.05) is 55.7 Å². The zero-order valence-corrected chi connectivity index (χ0v) is 15.9. The molecule has 0 bridgehead atoms. The fourth-order valence-electron chi connectivity index (χ4n) is 3.85. The number of amides is 1. The predicted octanol–water partition coefficient (Wildman–Crippen LogP) is 3.71. The summed E-state index contributed by atoms with van der Waals surface area (Å²) in [5.74, 6) is -0.0832. The molecule has 28 heavy (non-hydrogen) atoms. The number of ketones is 1. The van der Waals surface area contributed by atoms with Crippen LogP contribution in [0.5, 0.6) is 0 Å². The fourth-order valence-corrected chi connectivity index (χ4v) is 3.85. The maximum absolute atomic E-state index is 13.2. The van der Waals surface area contributed by atoms with E-state index < -0.39 is 0 Å². The zero-order valence-electron chi connectivity index (χ0n) is 15.9. The second kappa shape index (κ2) is 7.80. The number of aromatic nitrogens is 2. The molecule has 4 rings (SSSR count). The van der Waals surface area contributed by atoms with Crippen molar-refractivity contribution in [2.75, 3.05) is 13.1 Å². The molecule has 1 aromatic heterocycles. The van der Waals surface area contributed by atoms with Gasteiger partial charge in [0.25, 0.3) is 0 Å². The minimum absolute atomic E-state index is 0.0562. The number of likely N-dealkylation sites (tertiary alicyclic amines) is 1. The van der Waals surface area contributed by atoms with Crippen molar-refractivity contribution in [2.45, 2.75) is 12.8 Å². The minimum Gasteiger partial charge on any atom is -0.338 e. The Bertz CT molecular complexity index is 1050. The Morgan fingerprint density at radius 1 is 1.14 bits per heavy atom. The molecule has 1 amide bonds. The average Bonchev–Trinajstić information content (AvgIpc) is 3.16. The van der Waals surface area contributed by atoms with Gasteiger partial charge in [-0.3, -0.25) is 14.3 Å². The molecule has 5 heteroatoms. The average molecular weight is 373 g/mol. The maximum atomic E-state index is 13.2. The highest BCUT2D eigenvalue weighted by Gasteiger charge is 2.29. The molecule has 0 unspecified atom stereocenters. The third-order valence-corrected chi connectivity index (χ3v) is 5.30. The van der Waals surface area contributed by atoms with Crippen LogP contribution in [-0.2, 0) is 11.8 Å². The Balaban J connectivity index is 1.49. The molecular formula is C23H23N3O2. The van der Waals surface area contributed by atoms with E-state index in [1.54, 1.807) is 27.9 Å². The standard InChI is InChI=1S/C23H23N3O2/c1-25-15-17(14-24-25)11-12-22(27)26-13-5-8-19(16-26)23(28)21-10-4-7-18-6-2-3-9-20(18)21/h2-4,6-7,9-12,14-15,19H,5,8,13,16H2,1H3/b12-11+/t19-/m0/s1. The Kier molecular flexibility index (Phi) is 5.06. The van der Waals surface area contributed by atoms with Crippen LogP contribution in [0.15, 0.2) is 60.9 Å². The van der Waals surface area contributed by atoms with Crippen molar-refractivity contribution in [3.05, 3.63) is 72.1 Å². The molecule has 0 aliphatic carbocycles. The molecule has 2 aromatic carbocycles. The van der Waals surface area contributed by atoms with E-state index in [0.29, 0.717) is 13.1 Å². The van der Waals surface area contributed by atoms with Crippen LogP contribution < -0.4 is 0 Å². The SMILES string of the molecule is Cn1cc(/C=C/C(=O)N2CCC[C@H](C(=O)c3cccc4ccccc34)C2)cn1. The summed E-state index contributed by atoms with van der Waals surface area (Å²) in [5, 5.41) is 6.14. The number of fused-ring (bicyclic) bond motifs is 1. The van der Waals surface area contributed by atoms with Gasteiger partial charge in [0.15, 0.2) is 5.78 Å². The van der Waals surface area contributed by atoms with Crippen LogP contribution in [0.4, 0.5) is 0 Å². The van der Waals surface area contributed by atoms with Crippen LogP contribution in [0.25, 0.3) is 16.8 Å². The molecule has 0 spiro atoms. The summed E-state index contributed by atoms with van der Waals surface area (Å²) in [5.41, 5.74) is 1.64. The van der Waals surface area contributed by atoms with Crippen LogP contribution in [0, 0.1) is 5.92 Å². The first-order valence-corrected chi connectivity index (χ1v) is 9.59. The first kappa shape index (κ1) is 18.2. The highest BCUT2D eigenvalue weighted by molar-refractivity contribution is 6.09. The highest BCUT2D eigenvalue weighted by atomic mass is 16.2. The van der Waals surface area contributed by atoms with Crippen LogP contribution >= 0.6 is 0 Å². The van der Waals surface area contributed by atoms with Crippen molar-refractivity contribution < 1.29 is 9.59 Å². The lowest BCUT2D eigenvalue weighted by Gasteiger charge is -2.31. The molecule has 3 aromatic rings. The number of nitrogens with zero attached hydrogens (tertiary/aromatic N) is 3. The predicted molar refractivity (Wildman–Crippen MR) is 110 cm³/mol. The van der Waals surface area contributed by atoms with Crippen molar-refractivity contribution in [2.24, 2.45) is 13.0 Å². The van der Waals surface area contributed by atoms with E-state index in [-0.39, 0.29) is 17.6 Å². The molecule has 1 aliphatic rings. The van der Waals surface area contributed by atoms with Gasteiger partial charge in [0.1, 0.15) is 0 Å². The Labute approximate surface area is 164 Å². The smallest absolute Gasteiger partial charge is 0.246 e. The van der Waals surface area contributed by atoms with E-state index >= 15 is 0 Å². The molecule has 2 heterocycles. The lowest BCUT2D eigenvalue weighted by Crippen LogP contribution is -2.41. The number of Topliss-reactive ketones (excluding diaryl/α,β-unsaturated/α-hetero) is 1. The van der Waals surface area contributed by atoms with E-state index in [4.69, 9.17) is 0 Å². The molecule has 0 saturated carbocycles. The van der Waals surface area contributed by atoms with Crippen LogP contribution in [0.1, 0.15) is 28.8 Å². The van der Waals surface area contributed by atoms with Crippen molar-refractivity contribution in [1.29, 1.82) is 0 Å². The Morgan fingerprint density at radius 3 is 2.79 bits per heavy atom. The van der Waals surface area contributed by atoms with Gasteiger partial charge in [-0.05, 0) is 29.7 Å². The van der Waals surface area contributed by atoms with E-state index in [2.05, 4.69) is 5.10 Å². The van der Waals surface area contributed by atoms with Gasteiger partial charge in [0, 0.05) is 49.5 Å². The number of aryl methyl sites for hydroxylation is 1. The highest BCUT2D eigenvalue weighted by Crippen LogP contribution is 2.26. The monoisotopic (exact) mass is 373 g/mol. The minimum atomic E-state index is -0.157. The molecule has 0 radical (unpaired) electrons. The summed E-state index contributed by atoms with van der Waals surface area (Å²) in [7, 11) is 1.84. The van der Waals surface area contributed by atoms with Crippen molar-refractivity contribution >= 4 is 28.5 Å². The zero-order chi connectivity index (χ0) is 19.5. The van der Waals surface area contributed by atoms with Gasteiger partial charge >= 0.3 is 0 Å². The largest absolute Gasteiger partial charge is 0.338 e. The molecule has 0 N–H and O–H groups in total. The topological polar surface area (TPSA) is 55.2 Å². The second-order valence-corrected chi connectivity index (χ2v) is 7.30. The van der Waals surface area contributed by atoms with Crippen molar-refractivity contribution in [1.82, 2.24) is 14.7 Å². The van der Waals surface area contributed by atoms with Gasteiger partial charge in [-0.15, -0.1) is 0 Å². The molecule has 142 valence electrons. The number of piperidine rings is 1. The molecule has 1 saturated heterocycles. The third kappa shape index (κ3) is 3.74. The molecule has 1 aliphatic heterocycles. The molecule has 1 fully saturated rings. The van der Waals surface area contributed by atoms with Gasteiger partial charge < -0.3 is 4.90 Å². The summed E-state index contributed by atoms with van der Waals surface area (Å²) in [6.45, 7) is 1.16. The number of benzene rings is 2. The van der Waals surface area contributed by atoms with Gasteiger partial charge in [0.05, 0.1) is 6.20 Å². The maximum Gasteiger partial charge on any atom is 0.246 e. The number of rotatable bonds is 4. The molecular weight excluding hydrogens is 350 g/mol. The molecule has 5 nitrogen and oxygen atoms in total. The second-order valence-electron chi connectivity index (χ2n) is 7.30. The lowest BCUT2D eigenvalue weighted by atomic mass is 9.88. The summed E-state index contributed by atoms with van der Waals surface area (Å²) < 4.78 is 1.70. The summed E-state index contributed by atoms with van der Waals surface area (Å²) in [6.07, 6.45) is 8.57. The van der Waals surface area contributed by atoms with Crippen LogP contribution in [0.3, 0.4) is 0 Å². The lowest BCUT2D eigenvalue weighted by molar-refractivity contribution is -0.127. The van der Waals surface area contributed by atoms with E-state index in [9.17, 15) is 9.59 Å². The quantitative estimate of drug-likeness (QED) is 0.517. The normalized spacial score (nSPS) is 17.3. The van der Waals surface area contributed by atoms with Gasteiger partial charge in [-0.1, -0.05) is 42.5 Å². The summed E-state index contributed by atoms with van der Waals surface area (Å²) in [6, 6.07) is 13.8. The number of carbonyl (C=O) groups excluding carboxylic acids is 2. The van der Waals surface area contributed by atoms with Crippen LogP contribution in [0.2, 0.25) is 0 Å². The van der Waals surface area contributed by atoms with Gasteiger partial charge in [0.2, 0.25) is 5.91 Å². The number of hydrogen-bond donors (Lipinski definition) is 0. The summed E-state index contributed by atoms with van der Waals surface area (Å²) in [4.78, 5) is 27.6. The van der Waals surface area contributed by atoms with Crippen molar-refractivity contribution in [3.8, 4) is 0 Å². The first-order valence-electron chi connectivity index (χ1n) is 9.59. The fraction of sp³-hybridized carbons (Fsp3) is 0.261.